The van der Waals surface area contributed by atoms with Gasteiger partial charge in [0.25, 0.3) is 0 Å². The minimum Gasteiger partial charge on any atom is -0.397 e. The predicted molar refractivity (Wildman–Crippen MR) is 85.0 cm³/mol. The van der Waals surface area contributed by atoms with Crippen molar-refractivity contribution >= 4 is 34.0 Å². The van der Waals surface area contributed by atoms with Gasteiger partial charge in [-0.1, -0.05) is 6.92 Å². The second-order valence-electron chi connectivity index (χ2n) is 4.78. The Morgan fingerprint density at radius 1 is 1.50 bits per heavy atom. The SMILES string of the molecule is CCCOC1CCCN(c2ccc(I)cc2N)C1. The van der Waals surface area contributed by atoms with Gasteiger partial charge in [0, 0.05) is 23.3 Å². The number of benzene rings is 1. The minimum atomic E-state index is 0.359. The van der Waals surface area contributed by atoms with E-state index in [2.05, 4.69) is 46.5 Å². The van der Waals surface area contributed by atoms with Gasteiger partial charge in [-0.25, -0.2) is 0 Å². The first kappa shape index (κ1) is 13.9. The highest BCUT2D eigenvalue weighted by atomic mass is 127. The average molecular weight is 360 g/mol. The normalized spacial score (nSPS) is 20.1. The molecule has 0 saturated carbocycles. The number of hydrogen-bond acceptors (Lipinski definition) is 3. The molecule has 1 aliphatic rings. The van der Waals surface area contributed by atoms with E-state index in [1.807, 2.05) is 6.07 Å². The van der Waals surface area contributed by atoms with Crippen molar-refractivity contribution in [1.82, 2.24) is 0 Å². The molecule has 0 radical (unpaired) electrons. The summed E-state index contributed by atoms with van der Waals surface area (Å²) in [7, 11) is 0. The summed E-state index contributed by atoms with van der Waals surface area (Å²) in [6.07, 6.45) is 3.79. The highest BCUT2D eigenvalue weighted by Crippen LogP contribution is 2.28. The lowest BCUT2D eigenvalue weighted by molar-refractivity contribution is 0.0441. The van der Waals surface area contributed by atoms with E-state index in [4.69, 9.17) is 10.5 Å². The van der Waals surface area contributed by atoms with Crippen molar-refractivity contribution in [1.29, 1.82) is 0 Å². The molecule has 1 heterocycles. The Hall–Kier alpha value is -0.490. The summed E-state index contributed by atoms with van der Waals surface area (Å²) in [4.78, 5) is 2.36. The molecule has 1 aromatic carbocycles. The van der Waals surface area contributed by atoms with Crippen molar-refractivity contribution in [3.63, 3.8) is 0 Å². The van der Waals surface area contributed by atoms with Gasteiger partial charge in [0.05, 0.1) is 17.5 Å². The molecule has 18 heavy (non-hydrogen) atoms. The molecule has 1 saturated heterocycles. The summed E-state index contributed by atoms with van der Waals surface area (Å²) < 4.78 is 7.05. The smallest absolute Gasteiger partial charge is 0.0750 e. The zero-order valence-corrected chi connectivity index (χ0v) is 13.0. The maximum absolute atomic E-state index is 6.11. The molecule has 2 N–H and O–H groups in total. The summed E-state index contributed by atoms with van der Waals surface area (Å²) in [5, 5.41) is 0. The van der Waals surface area contributed by atoms with Gasteiger partial charge in [-0.2, -0.15) is 0 Å². The Kier molecular flexibility index (Phi) is 5.12. The fourth-order valence-electron chi connectivity index (χ4n) is 2.39. The Bertz CT molecular complexity index is 397. The number of ether oxygens (including phenoxy) is 1. The standard InChI is InChI=1S/C14H21IN2O/c1-2-8-18-12-4-3-7-17(10-12)14-6-5-11(15)9-13(14)16/h5-6,9,12H,2-4,7-8,10,16H2,1H3. The van der Waals surface area contributed by atoms with Gasteiger partial charge in [0.1, 0.15) is 0 Å². The second kappa shape index (κ2) is 6.61. The number of piperidine rings is 1. The van der Waals surface area contributed by atoms with E-state index in [0.29, 0.717) is 6.10 Å². The van der Waals surface area contributed by atoms with Crippen LogP contribution in [0.3, 0.4) is 0 Å². The molecule has 3 nitrogen and oxygen atoms in total. The van der Waals surface area contributed by atoms with Crippen LogP contribution in [-0.4, -0.2) is 25.8 Å². The molecule has 1 atom stereocenters. The van der Waals surface area contributed by atoms with Gasteiger partial charge in [-0.3, -0.25) is 0 Å². The van der Waals surface area contributed by atoms with Crippen LogP contribution in [0, 0.1) is 3.57 Å². The summed E-state index contributed by atoms with van der Waals surface area (Å²) in [5.41, 5.74) is 8.14. The van der Waals surface area contributed by atoms with Crippen molar-refractivity contribution < 1.29 is 4.74 Å². The molecule has 2 rings (SSSR count). The topological polar surface area (TPSA) is 38.5 Å². The van der Waals surface area contributed by atoms with Crippen LogP contribution >= 0.6 is 22.6 Å². The van der Waals surface area contributed by atoms with Crippen LogP contribution in [0.5, 0.6) is 0 Å². The Morgan fingerprint density at radius 3 is 3.06 bits per heavy atom. The van der Waals surface area contributed by atoms with Crippen molar-refractivity contribution in [2.75, 3.05) is 30.3 Å². The van der Waals surface area contributed by atoms with Crippen LogP contribution in [0.1, 0.15) is 26.2 Å². The van der Waals surface area contributed by atoms with Gasteiger partial charge in [-0.15, -0.1) is 0 Å². The molecule has 0 aromatic heterocycles. The molecular formula is C14H21IN2O. The van der Waals surface area contributed by atoms with Crippen LogP contribution in [0.2, 0.25) is 0 Å². The Labute approximate surface area is 123 Å². The largest absolute Gasteiger partial charge is 0.397 e. The van der Waals surface area contributed by atoms with Gasteiger partial charge in [-0.05, 0) is 60.1 Å². The third kappa shape index (κ3) is 3.51. The molecule has 1 aliphatic heterocycles. The quantitative estimate of drug-likeness (QED) is 0.662. The third-order valence-electron chi connectivity index (χ3n) is 3.27. The average Bonchev–Trinajstić information content (AvgIpc) is 2.36. The van der Waals surface area contributed by atoms with E-state index in [0.717, 1.165) is 37.5 Å². The molecule has 0 bridgehead atoms. The minimum absolute atomic E-state index is 0.359. The Balaban J connectivity index is 2.03. The van der Waals surface area contributed by atoms with Crippen molar-refractivity contribution in [2.24, 2.45) is 0 Å². The first-order valence-corrected chi connectivity index (χ1v) is 7.70. The van der Waals surface area contributed by atoms with Crippen LogP contribution in [-0.2, 0) is 4.74 Å². The number of hydrogen-bond donors (Lipinski definition) is 1. The lowest BCUT2D eigenvalue weighted by Gasteiger charge is -2.35. The summed E-state index contributed by atoms with van der Waals surface area (Å²) in [6.45, 7) is 5.06. The van der Waals surface area contributed by atoms with Crippen molar-refractivity contribution in [2.45, 2.75) is 32.3 Å². The van der Waals surface area contributed by atoms with Crippen molar-refractivity contribution in [3.8, 4) is 0 Å². The van der Waals surface area contributed by atoms with E-state index >= 15 is 0 Å². The first-order valence-electron chi connectivity index (χ1n) is 6.62. The molecule has 4 heteroatoms. The van der Waals surface area contributed by atoms with Gasteiger partial charge >= 0.3 is 0 Å². The van der Waals surface area contributed by atoms with Crippen LogP contribution in [0.4, 0.5) is 11.4 Å². The molecular weight excluding hydrogens is 339 g/mol. The molecule has 1 fully saturated rings. The van der Waals surface area contributed by atoms with Crippen LogP contribution in [0.25, 0.3) is 0 Å². The molecule has 1 unspecified atom stereocenters. The summed E-state index contributed by atoms with van der Waals surface area (Å²) in [5.74, 6) is 0. The second-order valence-corrected chi connectivity index (χ2v) is 6.03. The zero-order chi connectivity index (χ0) is 13.0. The maximum Gasteiger partial charge on any atom is 0.0750 e. The fourth-order valence-corrected chi connectivity index (χ4v) is 2.91. The number of nitrogens with two attached hydrogens (primary N) is 1. The lowest BCUT2D eigenvalue weighted by atomic mass is 10.1. The zero-order valence-electron chi connectivity index (χ0n) is 10.9. The number of rotatable bonds is 4. The predicted octanol–water partition coefficient (Wildman–Crippen LogP) is 3.27. The van der Waals surface area contributed by atoms with E-state index < -0.39 is 0 Å². The van der Waals surface area contributed by atoms with E-state index in [-0.39, 0.29) is 0 Å². The number of nitrogen functional groups attached to an aromatic ring is 1. The molecule has 0 spiro atoms. The highest BCUT2D eigenvalue weighted by molar-refractivity contribution is 14.1. The van der Waals surface area contributed by atoms with Gasteiger partial charge in [0.2, 0.25) is 0 Å². The van der Waals surface area contributed by atoms with Crippen molar-refractivity contribution in [3.05, 3.63) is 21.8 Å². The summed E-state index contributed by atoms with van der Waals surface area (Å²) >= 11 is 2.29. The molecule has 0 amide bonds. The monoisotopic (exact) mass is 360 g/mol. The van der Waals surface area contributed by atoms with Gasteiger partial charge < -0.3 is 15.4 Å². The molecule has 100 valence electrons. The van der Waals surface area contributed by atoms with E-state index in [1.54, 1.807) is 0 Å². The van der Waals surface area contributed by atoms with Crippen LogP contribution in [0.15, 0.2) is 18.2 Å². The number of halogens is 1. The third-order valence-corrected chi connectivity index (χ3v) is 3.94. The van der Waals surface area contributed by atoms with E-state index in [9.17, 15) is 0 Å². The summed E-state index contributed by atoms with van der Waals surface area (Å²) in [6, 6.07) is 6.27. The lowest BCUT2D eigenvalue weighted by Crippen LogP contribution is -2.40. The first-order chi connectivity index (χ1) is 8.70. The number of nitrogens with zero attached hydrogens (tertiary/aromatic N) is 1. The van der Waals surface area contributed by atoms with E-state index in [1.165, 1.54) is 16.4 Å². The fraction of sp³-hybridized carbons (Fsp3) is 0.571. The molecule has 1 aromatic rings. The molecule has 0 aliphatic carbocycles. The van der Waals surface area contributed by atoms with Crippen LogP contribution < -0.4 is 10.6 Å². The maximum atomic E-state index is 6.11. The van der Waals surface area contributed by atoms with Gasteiger partial charge in [0.15, 0.2) is 0 Å². The number of anilines is 2. The highest BCUT2D eigenvalue weighted by Gasteiger charge is 2.21. The Morgan fingerprint density at radius 2 is 2.33 bits per heavy atom.